The lowest BCUT2D eigenvalue weighted by molar-refractivity contribution is -0.136. The second-order valence-electron chi connectivity index (χ2n) is 7.19. The topological polar surface area (TPSA) is 93.5 Å². The number of hydrogen-bond donors (Lipinski definition) is 1. The molecule has 1 saturated heterocycles. The minimum Gasteiger partial charge on any atom is -0.497 e. The summed E-state index contributed by atoms with van der Waals surface area (Å²) in [7, 11) is 1.57. The van der Waals surface area contributed by atoms with Crippen molar-refractivity contribution in [3.63, 3.8) is 0 Å². The minimum atomic E-state index is -0.614. The lowest BCUT2D eigenvalue weighted by atomic mass is 10.1. The molecular formula is C22H22N4O4S. The molecule has 0 unspecified atom stereocenters. The van der Waals surface area contributed by atoms with E-state index in [0.29, 0.717) is 34.1 Å². The second-order valence-corrected chi connectivity index (χ2v) is 8.19. The fourth-order valence-electron chi connectivity index (χ4n) is 3.54. The number of amides is 2. The quantitative estimate of drug-likeness (QED) is 0.657. The van der Waals surface area contributed by atoms with E-state index in [1.807, 2.05) is 12.1 Å². The van der Waals surface area contributed by atoms with Gasteiger partial charge in [0.05, 0.1) is 24.1 Å². The molecule has 8 nitrogen and oxygen atoms in total. The fourth-order valence-corrected chi connectivity index (χ4v) is 4.72. The van der Waals surface area contributed by atoms with Crippen LogP contribution in [0.15, 0.2) is 53.3 Å². The molecule has 1 fully saturated rings. The Bertz CT molecular complexity index is 1190. The summed E-state index contributed by atoms with van der Waals surface area (Å²) in [5.41, 5.74) is 0.978. The molecule has 31 heavy (non-hydrogen) atoms. The average molecular weight is 439 g/mol. The van der Waals surface area contributed by atoms with Gasteiger partial charge in [-0.1, -0.05) is 18.2 Å². The van der Waals surface area contributed by atoms with Crippen molar-refractivity contribution in [1.82, 2.24) is 14.7 Å². The van der Waals surface area contributed by atoms with Gasteiger partial charge in [0.25, 0.3) is 5.56 Å². The monoisotopic (exact) mass is 438 g/mol. The minimum absolute atomic E-state index is 0.211. The summed E-state index contributed by atoms with van der Waals surface area (Å²) in [5, 5.41) is 8.44. The Hall–Kier alpha value is -3.33. The number of rotatable bonds is 5. The lowest BCUT2D eigenvalue weighted by Crippen LogP contribution is -2.46. The maximum absolute atomic E-state index is 13.0. The zero-order valence-electron chi connectivity index (χ0n) is 17.2. The Morgan fingerprint density at radius 3 is 2.58 bits per heavy atom. The van der Waals surface area contributed by atoms with Crippen LogP contribution in [0, 0.1) is 6.92 Å². The van der Waals surface area contributed by atoms with Gasteiger partial charge in [0.2, 0.25) is 11.8 Å². The fraction of sp³-hybridized carbons (Fsp3) is 0.273. The number of nitrogens with one attached hydrogen (secondary N) is 1. The zero-order chi connectivity index (χ0) is 22.0. The van der Waals surface area contributed by atoms with Crippen LogP contribution in [-0.4, -0.2) is 51.3 Å². The van der Waals surface area contributed by atoms with E-state index >= 15 is 0 Å². The number of aryl methyl sites for hydroxylation is 1. The maximum Gasteiger partial charge on any atom is 0.275 e. The Kier molecular flexibility index (Phi) is 5.94. The van der Waals surface area contributed by atoms with E-state index in [1.165, 1.54) is 21.3 Å². The van der Waals surface area contributed by atoms with Crippen LogP contribution < -0.4 is 15.6 Å². The van der Waals surface area contributed by atoms with E-state index in [0.717, 1.165) is 5.39 Å². The Labute approximate surface area is 183 Å². The number of fused-ring (bicyclic) bond motifs is 1. The molecule has 0 bridgehead atoms. The van der Waals surface area contributed by atoms with E-state index in [9.17, 15) is 14.4 Å². The van der Waals surface area contributed by atoms with Crippen LogP contribution in [0.5, 0.6) is 5.75 Å². The number of nitrogens with zero attached hydrogens (tertiary/aromatic N) is 3. The Morgan fingerprint density at radius 2 is 1.87 bits per heavy atom. The van der Waals surface area contributed by atoms with Crippen molar-refractivity contribution >= 4 is 40.0 Å². The van der Waals surface area contributed by atoms with Crippen LogP contribution in [-0.2, 0) is 16.1 Å². The number of thioether (sulfide) groups is 1. The van der Waals surface area contributed by atoms with Crippen molar-refractivity contribution < 1.29 is 14.3 Å². The van der Waals surface area contributed by atoms with Gasteiger partial charge in [0, 0.05) is 16.8 Å². The molecule has 2 heterocycles. The van der Waals surface area contributed by atoms with Crippen LogP contribution in [0.2, 0.25) is 0 Å². The maximum atomic E-state index is 13.0. The summed E-state index contributed by atoms with van der Waals surface area (Å²) in [5.74, 6) is 0.991. The molecule has 0 spiro atoms. The summed E-state index contributed by atoms with van der Waals surface area (Å²) < 4.78 is 6.30. The summed E-state index contributed by atoms with van der Waals surface area (Å²) in [4.78, 5) is 40.1. The number of anilines is 1. The van der Waals surface area contributed by atoms with Crippen molar-refractivity contribution in [2.24, 2.45) is 0 Å². The van der Waals surface area contributed by atoms with Gasteiger partial charge in [0.1, 0.15) is 18.3 Å². The summed E-state index contributed by atoms with van der Waals surface area (Å²) in [6, 6.07) is 13.6. The first kappa shape index (κ1) is 20.9. The standard InChI is InChI=1S/C22H22N4O4S/c1-14-17-5-3-4-6-18(17)22(29)26(24-14)11-20(27)25-13-31-12-19(25)21(28)23-15-7-9-16(30-2)10-8-15/h3-10,19H,11-13H2,1-2H3,(H,23,28)/t19-/m0/s1. The molecule has 9 heteroatoms. The number of carbonyl (C=O) groups excluding carboxylic acids is 2. The predicted octanol–water partition coefficient (Wildman–Crippen LogP) is 2.25. The molecule has 0 saturated carbocycles. The highest BCUT2D eigenvalue weighted by Crippen LogP contribution is 2.23. The Balaban J connectivity index is 1.50. The van der Waals surface area contributed by atoms with Gasteiger partial charge in [-0.2, -0.15) is 5.10 Å². The highest BCUT2D eigenvalue weighted by molar-refractivity contribution is 7.99. The van der Waals surface area contributed by atoms with E-state index in [2.05, 4.69) is 10.4 Å². The second kappa shape index (κ2) is 8.81. The van der Waals surface area contributed by atoms with Crippen molar-refractivity contribution in [2.75, 3.05) is 24.1 Å². The molecule has 4 rings (SSSR count). The molecule has 0 radical (unpaired) electrons. The molecule has 2 aromatic carbocycles. The van der Waals surface area contributed by atoms with Crippen LogP contribution in [0.3, 0.4) is 0 Å². The predicted molar refractivity (Wildman–Crippen MR) is 120 cm³/mol. The number of benzene rings is 2. The highest BCUT2D eigenvalue weighted by Gasteiger charge is 2.35. The van der Waals surface area contributed by atoms with Crippen LogP contribution >= 0.6 is 11.8 Å². The molecule has 1 atom stereocenters. The third kappa shape index (κ3) is 4.27. The van der Waals surface area contributed by atoms with Crippen molar-refractivity contribution in [2.45, 2.75) is 19.5 Å². The highest BCUT2D eigenvalue weighted by atomic mass is 32.2. The average Bonchev–Trinajstić information content (AvgIpc) is 3.28. The van der Waals surface area contributed by atoms with Gasteiger partial charge in [0.15, 0.2) is 0 Å². The Morgan fingerprint density at radius 1 is 1.16 bits per heavy atom. The van der Waals surface area contributed by atoms with Gasteiger partial charge in [-0.25, -0.2) is 4.68 Å². The smallest absolute Gasteiger partial charge is 0.275 e. The largest absolute Gasteiger partial charge is 0.497 e. The SMILES string of the molecule is COc1ccc(NC(=O)[C@@H]2CSCN2C(=O)Cn2nc(C)c3ccccc3c2=O)cc1. The third-order valence-corrected chi connectivity index (χ3v) is 6.21. The van der Waals surface area contributed by atoms with E-state index < -0.39 is 6.04 Å². The first-order valence-corrected chi connectivity index (χ1v) is 10.9. The van der Waals surface area contributed by atoms with Gasteiger partial charge in [-0.05, 0) is 37.3 Å². The molecule has 1 aliphatic heterocycles. The van der Waals surface area contributed by atoms with Crippen molar-refractivity contribution in [3.8, 4) is 5.75 Å². The van der Waals surface area contributed by atoms with Crippen LogP contribution in [0.4, 0.5) is 5.69 Å². The van der Waals surface area contributed by atoms with E-state index in [-0.39, 0.29) is 23.9 Å². The van der Waals surface area contributed by atoms with Crippen molar-refractivity contribution in [1.29, 1.82) is 0 Å². The number of methoxy groups -OCH3 is 1. The normalized spacial score (nSPS) is 15.8. The first-order chi connectivity index (χ1) is 15.0. The summed E-state index contributed by atoms with van der Waals surface area (Å²) >= 11 is 1.50. The van der Waals surface area contributed by atoms with E-state index in [4.69, 9.17) is 4.74 Å². The molecule has 2 amide bonds. The lowest BCUT2D eigenvalue weighted by Gasteiger charge is -2.23. The van der Waals surface area contributed by atoms with E-state index in [1.54, 1.807) is 50.4 Å². The van der Waals surface area contributed by atoms with Gasteiger partial charge in [-0.3, -0.25) is 14.4 Å². The number of carbonyl (C=O) groups is 2. The third-order valence-electron chi connectivity index (χ3n) is 5.20. The van der Waals surface area contributed by atoms with Gasteiger partial charge >= 0.3 is 0 Å². The molecule has 1 aromatic heterocycles. The van der Waals surface area contributed by atoms with Crippen LogP contribution in [0.1, 0.15) is 5.69 Å². The van der Waals surface area contributed by atoms with Crippen LogP contribution in [0.25, 0.3) is 10.8 Å². The number of hydrogen-bond acceptors (Lipinski definition) is 6. The molecule has 160 valence electrons. The molecular weight excluding hydrogens is 416 g/mol. The first-order valence-electron chi connectivity index (χ1n) is 9.76. The zero-order valence-corrected chi connectivity index (χ0v) is 18.0. The molecule has 1 aliphatic rings. The van der Waals surface area contributed by atoms with Gasteiger partial charge < -0.3 is 15.0 Å². The molecule has 3 aromatic rings. The molecule has 0 aliphatic carbocycles. The number of aromatic nitrogens is 2. The number of ether oxygens (including phenoxy) is 1. The summed E-state index contributed by atoms with van der Waals surface area (Å²) in [6.45, 7) is 1.59. The van der Waals surface area contributed by atoms with Gasteiger partial charge in [-0.15, -0.1) is 11.8 Å². The van der Waals surface area contributed by atoms with Crippen molar-refractivity contribution in [3.05, 3.63) is 64.6 Å². The summed E-state index contributed by atoms with van der Waals surface area (Å²) in [6.07, 6.45) is 0. The molecule has 1 N–H and O–H groups in total.